The average Bonchev–Trinajstić information content (AvgIpc) is 2.71. The predicted molar refractivity (Wildman–Crippen MR) is 110 cm³/mol. The van der Waals surface area contributed by atoms with Crippen molar-refractivity contribution in [1.29, 1.82) is 0 Å². The van der Waals surface area contributed by atoms with Crippen LogP contribution in [-0.2, 0) is 14.3 Å². The Morgan fingerprint density at radius 1 is 1.21 bits per heavy atom. The Labute approximate surface area is 176 Å². The number of hydrogen-bond donors (Lipinski definition) is 3. The molecule has 1 aliphatic rings. The third kappa shape index (κ3) is 8.81. The van der Waals surface area contributed by atoms with Crippen molar-refractivity contribution in [2.75, 3.05) is 26.2 Å². The monoisotopic (exact) mass is 428 g/mol. The molecule has 1 amide bonds. The second-order valence-electron chi connectivity index (χ2n) is 6.66. The molecule has 0 unspecified atom stereocenters. The smallest absolute Gasteiger partial charge is 0.344 e. The third-order valence-electron chi connectivity index (χ3n) is 4.51. The SMILES string of the molecule is CC[C@H](Oc1ccc(C(=O)CCNC(=O)COC2CCNCC2)cc1)C(=O)O.Cl. The highest BCUT2D eigenvalue weighted by Gasteiger charge is 2.17. The number of carboxylic acid groups (broad SMARTS) is 1. The van der Waals surface area contributed by atoms with Crippen LogP contribution in [0.15, 0.2) is 24.3 Å². The van der Waals surface area contributed by atoms with E-state index >= 15 is 0 Å². The number of carboxylic acids is 1. The summed E-state index contributed by atoms with van der Waals surface area (Å²) in [6, 6.07) is 6.33. The van der Waals surface area contributed by atoms with Crippen LogP contribution in [0.5, 0.6) is 5.75 Å². The van der Waals surface area contributed by atoms with Crippen LogP contribution in [0.4, 0.5) is 0 Å². The molecule has 2 rings (SSSR count). The van der Waals surface area contributed by atoms with E-state index < -0.39 is 12.1 Å². The molecule has 29 heavy (non-hydrogen) atoms. The van der Waals surface area contributed by atoms with Crippen LogP contribution in [0.3, 0.4) is 0 Å². The van der Waals surface area contributed by atoms with Gasteiger partial charge in [0.15, 0.2) is 11.9 Å². The van der Waals surface area contributed by atoms with E-state index in [-0.39, 0.29) is 49.8 Å². The number of carbonyl (C=O) groups excluding carboxylic acids is 2. The minimum Gasteiger partial charge on any atom is -0.479 e. The Morgan fingerprint density at radius 3 is 2.45 bits per heavy atom. The Bertz CT molecular complexity index is 661. The number of amides is 1. The second kappa shape index (κ2) is 13.1. The lowest BCUT2D eigenvalue weighted by Gasteiger charge is -2.22. The first-order valence-electron chi connectivity index (χ1n) is 9.61. The number of rotatable bonds is 11. The summed E-state index contributed by atoms with van der Waals surface area (Å²) in [6.07, 6.45) is 1.52. The maximum Gasteiger partial charge on any atom is 0.344 e. The van der Waals surface area contributed by atoms with Crippen LogP contribution in [0.2, 0.25) is 0 Å². The van der Waals surface area contributed by atoms with E-state index in [0.29, 0.717) is 17.7 Å². The zero-order chi connectivity index (χ0) is 20.4. The fourth-order valence-electron chi connectivity index (χ4n) is 2.86. The maximum atomic E-state index is 12.2. The normalized spacial score (nSPS) is 15.1. The standard InChI is InChI=1S/C20H28N2O6.ClH/c1-2-18(20(25)26)28-16-5-3-14(4-6-16)17(23)9-12-22-19(24)13-27-15-7-10-21-11-8-15;/h3-6,15,18,21H,2,7-13H2,1H3,(H,22,24)(H,25,26);1H/t18-;/m0./s1. The van der Waals surface area contributed by atoms with Gasteiger partial charge in [0.1, 0.15) is 12.4 Å². The number of hydrogen-bond acceptors (Lipinski definition) is 6. The van der Waals surface area contributed by atoms with Gasteiger partial charge in [-0.2, -0.15) is 0 Å². The number of ether oxygens (including phenoxy) is 2. The lowest BCUT2D eigenvalue weighted by atomic mass is 10.1. The van der Waals surface area contributed by atoms with Crippen LogP contribution in [0.1, 0.15) is 43.0 Å². The number of ketones is 1. The van der Waals surface area contributed by atoms with Crippen molar-refractivity contribution < 1.29 is 29.0 Å². The van der Waals surface area contributed by atoms with Gasteiger partial charge in [0, 0.05) is 18.5 Å². The molecule has 1 heterocycles. The van der Waals surface area contributed by atoms with E-state index in [1.54, 1.807) is 31.2 Å². The van der Waals surface area contributed by atoms with Crippen molar-refractivity contribution in [1.82, 2.24) is 10.6 Å². The predicted octanol–water partition coefficient (Wildman–Crippen LogP) is 1.81. The molecule has 0 aromatic heterocycles. The first kappa shape index (κ1) is 24.9. The molecule has 3 N–H and O–H groups in total. The molecule has 0 bridgehead atoms. The van der Waals surface area contributed by atoms with Crippen LogP contribution >= 0.6 is 12.4 Å². The van der Waals surface area contributed by atoms with Gasteiger partial charge < -0.3 is 25.2 Å². The molecule has 1 aliphatic heterocycles. The maximum absolute atomic E-state index is 12.2. The summed E-state index contributed by atoms with van der Waals surface area (Å²) < 4.78 is 10.9. The third-order valence-corrected chi connectivity index (χ3v) is 4.51. The van der Waals surface area contributed by atoms with Crippen molar-refractivity contribution in [3.05, 3.63) is 29.8 Å². The number of benzene rings is 1. The Balaban J connectivity index is 0.00000420. The minimum atomic E-state index is -1.03. The Morgan fingerprint density at radius 2 is 1.86 bits per heavy atom. The summed E-state index contributed by atoms with van der Waals surface area (Å²) in [7, 11) is 0. The van der Waals surface area contributed by atoms with Gasteiger partial charge in [0.2, 0.25) is 5.91 Å². The van der Waals surface area contributed by atoms with Crippen LogP contribution in [0, 0.1) is 0 Å². The minimum absolute atomic E-state index is 0. The highest BCUT2D eigenvalue weighted by Crippen LogP contribution is 2.16. The van der Waals surface area contributed by atoms with Gasteiger partial charge in [-0.15, -0.1) is 12.4 Å². The van der Waals surface area contributed by atoms with E-state index in [0.717, 1.165) is 25.9 Å². The van der Waals surface area contributed by atoms with Crippen molar-refractivity contribution in [3.8, 4) is 5.75 Å². The molecule has 1 atom stereocenters. The largest absolute Gasteiger partial charge is 0.479 e. The molecular formula is C20H29ClN2O6. The van der Waals surface area contributed by atoms with Gasteiger partial charge in [-0.05, 0) is 56.6 Å². The quantitative estimate of drug-likeness (QED) is 0.460. The van der Waals surface area contributed by atoms with Gasteiger partial charge in [-0.1, -0.05) is 6.92 Å². The zero-order valence-electron chi connectivity index (χ0n) is 16.5. The highest BCUT2D eigenvalue weighted by molar-refractivity contribution is 5.96. The van der Waals surface area contributed by atoms with Crippen molar-refractivity contribution in [2.45, 2.75) is 44.8 Å². The van der Waals surface area contributed by atoms with Gasteiger partial charge >= 0.3 is 5.97 Å². The molecule has 1 aromatic rings. The molecule has 8 nitrogen and oxygen atoms in total. The van der Waals surface area contributed by atoms with Crippen LogP contribution in [-0.4, -0.2) is 61.2 Å². The molecule has 9 heteroatoms. The van der Waals surface area contributed by atoms with Gasteiger partial charge in [-0.25, -0.2) is 4.79 Å². The van der Waals surface area contributed by atoms with Gasteiger partial charge in [-0.3, -0.25) is 9.59 Å². The van der Waals surface area contributed by atoms with Crippen molar-refractivity contribution >= 4 is 30.1 Å². The topological polar surface area (TPSA) is 114 Å². The Kier molecular flexibility index (Phi) is 11.3. The van der Waals surface area contributed by atoms with Crippen LogP contribution < -0.4 is 15.4 Å². The van der Waals surface area contributed by atoms with E-state index in [2.05, 4.69) is 10.6 Å². The van der Waals surface area contributed by atoms with Gasteiger partial charge in [0.05, 0.1) is 6.10 Å². The number of Topliss-reactive ketones (excluding diaryl/α,β-unsaturated/α-hetero) is 1. The number of aliphatic carboxylic acids is 1. The molecule has 1 aromatic carbocycles. The van der Waals surface area contributed by atoms with E-state index in [1.807, 2.05) is 0 Å². The Hall–Kier alpha value is -2.16. The first-order valence-corrected chi connectivity index (χ1v) is 9.61. The fourth-order valence-corrected chi connectivity index (χ4v) is 2.86. The molecular weight excluding hydrogens is 400 g/mol. The second-order valence-corrected chi connectivity index (χ2v) is 6.66. The van der Waals surface area contributed by atoms with Crippen LogP contribution in [0.25, 0.3) is 0 Å². The molecule has 0 aliphatic carbocycles. The van der Waals surface area contributed by atoms with Crippen molar-refractivity contribution in [3.63, 3.8) is 0 Å². The van der Waals surface area contributed by atoms with Gasteiger partial charge in [0.25, 0.3) is 0 Å². The fraction of sp³-hybridized carbons (Fsp3) is 0.550. The summed E-state index contributed by atoms with van der Waals surface area (Å²) in [4.78, 5) is 35.0. The van der Waals surface area contributed by atoms with E-state index in [9.17, 15) is 14.4 Å². The summed E-state index contributed by atoms with van der Waals surface area (Å²) in [6.45, 7) is 3.78. The molecule has 0 saturated carbocycles. The number of carbonyl (C=O) groups is 3. The molecule has 1 fully saturated rings. The first-order chi connectivity index (χ1) is 13.5. The summed E-state index contributed by atoms with van der Waals surface area (Å²) in [5, 5.41) is 14.9. The molecule has 0 radical (unpaired) electrons. The summed E-state index contributed by atoms with van der Waals surface area (Å²) in [5.74, 6) is -0.970. The highest BCUT2D eigenvalue weighted by atomic mass is 35.5. The number of nitrogens with one attached hydrogen (secondary N) is 2. The van der Waals surface area contributed by atoms with E-state index in [1.165, 1.54) is 0 Å². The lowest BCUT2D eigenvalue weighted by Crippen LogP contribution is -2.36. The molecule has 1 saturated heterocycles. The van der Waals surface area contributed by atoms with Crippen molar-refractivity contribution in [2.24, 2.45) is 0 Å². The zero-order valence-corrected chi connectivity index (χ0v) is 17.3. The summed E-state index contributed by atoms with van der Waals surface area (Å²) in [5.41, 5.74) is 0.482. The lowest BCUT2D eigenvalue weighted by molar-refractivity contribution is -0.145. The summed E-state index contributed by atoms with van der Waals surface area (Å²) >= 11 is 0. The molecule has 162 valence electrons. The van der Waals surface area contributed by atoms with E-state index in [4.69, 9.17) is 14.6 Å². The number of halogens is 1. The average molecular weight is 429 g/mol. The number of piperidine rings is 1. The molecule has 0 spiro atoms.